The van der Waals surface area contributed by atoms with Crippen LogP contribution in [-0.2, 0) is 0 Å². The molecular weight excluding hydrogens is 331 g/mol. The molecule has 6 rings (SSSR count). The van der Waals surface area contributed by atoms with E-state index < -0.39 is 0 Å². The molecule has 4 fully saturated rings. The molecule has 2 aromatic carbocycles. The molecule has 2 aromatic rings. The highest BCUT2D eigenvalue weighted by atomic mass is 19.1. The average Bonchev–Trinajstić information content (AvgIpc) is 2.61. The van der Waals surface area contributed by atoms with Gasteiger partial charge in [0.2, 0.25) is 5.78 Å². The summed E-state index contributed by atoms with van der Waals surface area (Å²) in [4.78, 5) is 20.1. The van der Waals surface area contributed by atoms with Crippen LogP contribution in [0.5, 0.6) is 0 Å². The lowest BCUT2D eigenvalue weighted by molar-refractivity contribution is -0.973. The van der Waals surface area contributed by atoms with E-state index in [0.29, 0.717) is 17.7 Å². The maximum absolute atomic E-state index is 13.9. The third-order valence-corrected chi connectivity index (χ3v) is 5.57. The van der Waals surface area contributed by atoms with Crippen molar-refractivity contribution in [3.05, 3.63) is 59.9 Å². The highest BCUT2D eigenvalue weighted by Crippen LogP contribution is 2.29. The van der Waals surface area contributed by atoms with E-state index in [2.05, 4.69) is 14.7 Å². The van der Waals surface area contributed by atoms with Crippen molar-refractivity contribution >= 4 is 5.78 Å². The van der Waals surface area contributed by atoms with Crippen molar-refractivity contribution in [3.63, 3.8) is 0 Å². The fraction of sp³-hybridized carbons (Fsp3) is 0.350. The summed E-state index contributed by atoms with van der Waals surface area (Å²) in [6.07, 6.45) is 0. The molecule has 134 valence electrons. The molecule has 0 N–H and O–H groups in total. The third kappa shape index (κ3) is 2.75. The minimum absolute atomic E-state index is 0.163. The number of rotatable bonds is 4. The molecule has 4 heterocycles. The number of halogens is 1. The molecule has 0 unspecified atom stereocenters. The molecule has 6 heteroatoms. The second kappa shape index (κ2) is 5.96. The van der Waals surface area contributed by atoms with Crippen LogP contribution in [0.4, 0.5) is 4.39 Å². The molecule has 0 amide bonds. The number of hydrogen-bond acceptors (Lipinski definition) is 4. The van der Waals surface area contributed by atoms with Gasteiger partial charge in [0.05, 0.1) is 20.0 Å². The summed E-state index contributed by atoms with van der Waals surface area (Å²) in [5, 5.41) is 0. The molecule has 26 heavy (non-hydrogen) atoms. The van der Waals surface area contributed by atoms with Gasteiger partial charge >= 0.3 is 0 Å². The molecule has 4 aliphatic rings. The van der Waals surface area contributed by atoms with Crippen molar-refractivity contribution in [2.24, 2.45) is 0 Å². The lowest BCUT2D eigenvalue weighted by Crippen LogP contribution is -2.79. The van der Waals surface area contributed by atoms with E-state index in [0.717, 1.165) is 50.1 Å². The molecule has 4 aliphatic heterocycles. The van der Waals surface area contributed by atoms with Gasteiger partial charge in [-0.1, -0.05) is 42.5 Å². The normalized spacial score (nSPS) is 32.0. The SMILES string of the molecule is O=C(C[N+]12CN3CN(CN(C3)C1)C2)c1ccc(-c2ccccc2F)cc1. The lowest BCUT2D eigenvalue weighted by Gasteiger charge is -2.60. The smallest absolute Gasteiger partial charge is 0.217 e. The summed E-state index contributed by atoms with van der Waals surface area (Å²) in [5.74, 6) is -0.0791. The Hall–Kier alpha value is -2.12. The standard InChI is InChI=1S/C20H22FN4O/c21-19-4-2-1-3-18(19)16-5-7-17(8-6-16)20(26)9-25-13-22-10-23(14-25)12-24(11-22)15-25/h1-8H,9-15H2/q+1. The Labute approximate surface area is 152 Å². The average molecular weight is 353 g/mol. The summed E-state index contributed by atoms with van der Waals surface area (Å²) in [6, 6.07) is 14.1. The zero-order chi connectivity index (χ0) is 17.7. The monoisotopic (exact) mass is 353 g/mol. The van der Waals surface area contributed by atoms with E-state index in [1.165, 1.54) is 6.07 Å². The Morgan fingerprint density at radius 1 is 0.885 bits per heavy atom. The molecule has 4 bridgehead atoms. The predicted octanol–water partition coefficient (Wildman–Crippen LogP) is 2.18. The van der Waals surface area contributed by atoms with Gasteiger partial charge in [-0.15, -0.1) is 0 Å². The second-order valence-electron chi connectivity index (χ2n) is 7.84. The number of benzene rings is 2. The van der Waals surface area contributed by atoms with E-state index in [1.807, 2.05) is 30.3 Å². The maximum Gasteiger partial charge on any atom is 0.217 e. The number of hydrogen-bond donors (Lipinski definition) is 0. The van der Waals surface area contributed by atoms with Crippen LogP contribution in [-0.4, -0.2) is 71.5 Å². The fourth-order valence-corrected chi connectivity index (χ4v) is 4.73. The second-order valence-corrected chi connectivity index (χ2v) is 7.84. The van der Waals surface area contributed by atoms with E-state index in [4.69, 9.17) is 0 Å². The molecule has 0 radical (unpaired) electrons. The van der Waals surface area contributed by atoms with Gasteiger partial charge in [-0.25, -0.2) is 19.1 Å². The van der Waals surface area contributed by atoms with E-state index in [9.17, 15) is 9.18 Å². The minimum atomic E-state index is -0.242. The van der Waals surface area contributed by atoms with Crippen LogP contribution in [0.25, 0.3) is 11.1 Å². The van der Waals surface area contributed by atoms with Crippen LogP contribution in [0.3, 0.4) is 0 Å². The summed E-state index contributed by atoms with van der Waals surface area (Å²) < 4.78 is 14.7. The molecule has 0 saturated carbocycles. The molecule has 0 atom stereocenters. The van der Waals surface area contributed by atoms with Crippen LogP contribution >= 0.6 is 0 Å². The minimum Gasteiger partial charge on any atom is -0.288 e. The Kier molecular flexibility index (Phi) is 3.68. The van der Waals surface area contributed by atoms with Gasteiger partial charge in [0.1, 0.15) is 32.4 Å². The zero-order valence-corrected chi connectivity index (χ0v) is 14.6. The van der Waals surface area contributed by atoms with Gasteiger partial charge in [0.15, 0.2) is 0 Å². The van der Waals surface area contributed by atoms with E-state index in [1.54, 1.807) is 12.1 Å². The first-order valence-corrected chi connectivity index (χ1v) is 9.01. The number of ketones is 1. The number of carbonyl (C=O) groups excluding carboxylic acids is 1. The van der Waals surface area contributed by atoms with Crippen molar-refractivity contribution in [2.45, 2.75) is 0 Å². The largest absolute Gasteiger partial charge is 0.288 e. The van der Waals surface area contributed by atoms with Crippen molar-refractivity contribution in [3.8, 4) is 11.1 Å². The predicted molar refractivity (Wildman–Crippen MR) is 96.0 cm³/mol. The first-order valence-electron chi connectivity index (χ1n) is 9.01. The zero-order valence-electron chi connectivity index (χ0n) is 14.6. The van der Waals surface area contributed by atoms with Crippen LogP contribution in [0.1, 0.15) is 10.4 Å². The van der Waals surface area contributed by atoms with Gasteiger partial charge in [0.25, 0.3) is 0 Å². The van der Waals surface area contributed by atoms with Crippen LogP contribution in [0, 0.1) is 5.82 Å². The Bertz CT molecular complexity index is 816. The van der Waals surface area contributed by atoms with Gasteiger partial charge in [-0.05, 0) is 11.6 Å². The van der Waals surface area contributed by atoms with Crippen molar-refractivity contribution in [1.82, 2.24) is 14.7 Å². The lowest BCUT2D eigenvalue weighted by atomic mass is 10.0. The summed E-state index contributed by atoms with van der Waals surface area (Å²) in [7, 11) is 0. The Morgan fingerprint density at radius 3 is 2.04 bits per heavy atom. The topological polar surface area (TPSA) is 26.8 Å². The summed E-state index contributed by atoms with van der Waals surface area (Å²) in [6.45, 7) is 6.42. The van der Waals surface area contributed by atoms with Crippen molar-refractivity contribution in [1.29, 1.82) is 0 Å². The van der Waals surface area contributed by atoms with Gasteiger partial charge in [0, 0.05) is 11.1 Å². The van der Waals surface area contributed by atoms with Crippen molar-refractivity contribution < 1.29 is 13.7 Å². The molecule has 5 nitrogen and oxygen atoms in total. The molecule has 0 aromatic heterocycles. The Morgan fingerprint density at radius 2 is 1.46 bits per heavy atom. The Balaban J connectivity index is 1.34. The first kappa shape index (κ1) is 16.1. The van der Waals surface area contributed by atoms with Gasteiger partial charge in [-0.3, -0.25) is 9.28 Å². The maximum atomic E-state index is 13.9. The number of nitrogens with zero attached hydrogens (tertiary/aromatic N) is 4. The highest BCUT2D eigenvalue weighted by Gasteiger charge is 2.49. The molecule has 4 saturated heterocycles. The summed E-state index contributed by atoms with van der Waals surface area (Å²) >= 11 is 0. The first-order chi connectivity index (χ1) is 12.6. The number of Topliss-reactive ketones (excluding diaryl/α,β-unsaturated/α-hetero) is 1. The van der Waals surface area contributed by atoms with Crippen LogP contribution < -0.4 is 0 Å². The van der Waals surface area contributed by atoms with Gasteiger partial charge in [-0.2, -0.15) is 0 Å². The number of carbonyl (C=O) groups is 1. The summed E-state index contributed by atoms with van der Waals surface area (Å²) in [5.41, 5.74) is 2.07. The van der Waals surface area contributed by atoms with Crippen LogP contribution in [0.2, 0.25) is 0 Å². The molecular formula is C20H22FN4O+. The third-order valence-electron chi connectivity index (χ3n) is 5.57. The van der Waals surface area contributed by atoms with E-state index in [-0.39, 0.29) is 11.6 Å². The fourth-order valence-electron chi connectivity index (χ4n) is 4.73. The van der Waals surface area contributed by atoms with Crippen molar-refractivity contribution in [2.75, 3.05) is 46.6 Å². The van der Waals surface area contributed by atoms with E-state index >= 15 is 0 Å². The van der Waals surface area contributed by atoms with Crippen LogP contribution in [0.15, 0.2) is 48.5 Å². The highest BCUT2D eigenvalue weighted by molar-refractivity contribution is 5.97. The quantitative estimate of drug-likeness (QED) is 0.622. The van der Waals surface area contributed by atoms with Gasteiger partial charge < -0.3 is 0 Å². The number of quaternary nitrogens is 1. The molecule has 0 spiro atoms. The molecule has 0 aliphatic carbocycles.